The molecule has 2 N–H and O–H groups in total. The summed E-state index contributed by atoms with van der Waals surface area (Å²) in [5.74, 6) is -1.08. The Morgan fingerprint density at radius 2 is 1.95 bits per heavy atom. The normalized spacial score (nSPS) is 10.9. The first-order chi connectivity index (χ1) is 9.61. The third kappa shape index (κ3) is 2.47. The summed E-state index contributed by atoms with van der Waals surface area (Å²) < 4.78 is 25.9. The van der Waals surface area contributed by atoms with Crippen LogP contribution in [0, 0.1) is 18.6 Å². The van der Waals surface area contributed by atoms with Gasteiger partial charge in [0.05, 0.1) is 11.0 Å². The molecule has 3 nitrogen and oxygen atoms in total. The van der Waals surface area contributed by atoms with Gasteiger partial charge in [-0.05, 0) is 42.3 Å². The van der Waals surface area contributed by atoms with Gasteiger partial charge in [0.1, 0.15) is 0 Å². The first-order valence-corrected chi connectivity index (χ1v) is 6.26. The van der Waals surface area contributed by atoms with Crippen LogP contribution in [0.5, 0.6) is 0 Å². The summed E-state index contributed by atoms with van der Waals surface area (Å²) in [5.41, 5.74) is 3.61. The number of aromatic nitrogens is 2. The van der Waals surface area contributed by atoms with Crippen LogP contribution in [0.4, 0.5) is 14.7 Å². The van der Waals surface area contributed by atoms with E-state index in [0.717, 1.165) is 22.7 Å². The fourth-order valence-corrected chi connectivity index (χ4v) is 2.04. The average molecular weight is 273 g/mol. The second kappa shape index (κ2) is 4.92. The number of hydrogen-bond donors (Lipinski definition) is 2. The molecule has 3 rings (SSSR count). The molecule has 5 heteroatoms. The average Bonchev–Trinajstić information content (AvgIpc) is 2.82. The van der Waals surface area contributed by atoms with E-state index in [9.17, 15) is 8.78 Å². The Morgan fingerprint density at radius 3 is 2.75 bits per heavy atom. The van der Waals surface area contributed by atoms with E-state index in [4.69, 9.17) is 0 Å². The van der Waals surface area contributed by atoms with Crippen LogP contribution in [0.1, 0.15) is 11.1 Å². The van der Waals surface area contributed by atoms with Gasteiger partial charge in [0.25, 0.3) is 0 Å². The molecular formula is C15H13F2N3. The quantitative estimate of drug-likeness (QED) is 0.762. The van der Waals surface area contributed by atoms with Crippen LogP contribution in [0.25, 0.3) is 11.0 Å². The van der Waals surface area contributed by atoms with Crippen molar-refractivity contribution in [3.8, 4) is 0 Å². The predicted octanol–water partition coefficient (Wildman–Crippen LogP) is 3.76. The second-order valence-corrected chi connectivity index (χ2v) is 4.71. The first-order valence-electron chi connectivity index (χ1n) is 6.26. The number of rotatable bonds is 3. The number of benzene rings is 2. The summed E-state index contributed by atoms with van der Waals surface area (Å²) in [7, 11) is 0. The van der Waals surface area contributed by atoms with Gasteiger partial charge >= 0.3 is 0 Å². The number of anilines is 1. The smallest absolute Gasteiger partial charge is 0.201 e. The zero-order valence-corrected chi connectivity index (χ0v) is 10.9. The van der Waals surface area contributed by atoms with Gasteiger partial charge in [-0.3, -0.25) is 0 Å². The van der Waals surface area contributed by atoms with E-state index in [0.29, 0.717) is 18.1 Å². The van der Waals surface area contributed by atoms with Crippen molar-refractivity contribution in [2.45, 2.75) is 13.5 Å². The molecule has 0 aliphatic heterocycles. The lowest BCUT2D eigenvalue weighted by Gasteiger charge is -2.03. The number of halogens is 2. The van der Waals surface area contributed by atoms with Crippen molar-refractivity contribution in [1.82, 2.24) is 9.97 Å². The highest BCUT2D eigenvalue weighted by molar-refractivity contribution is 5.78. The van der Waals surface area contributed by atoms with Crippen molar-refractivity contribution in [1.29, 1.82) is 0 Å². The molecular weight excluding hydrogens is 260 g/mol. The Labute approximate surface area is 114 Å². The Kier molecular flexibility index (Phi) is 3.10. The van der Waals surface area contributed by atoms with Crippen molar-refractivity contribution in [2.24, 2.45) is 0 Å². The molecule has 0 aliphatic carbocycles. The van der Waals surface area contributed by atoms with Gasteiger partial charge in [-0.25, -0.2) is 13.8 Å². The molecule has 1 heterocycles. The Hall–Kier alpha value is -2.43. The first kappa shape index (κ1) is 12.6. The van der Waals surface area contributed by atoms with Crippen LogP contribution in [0.15, 0.2) is 36.4 Å². The standard InChI is InChI=1S/C15H13F2N3/c1-9-2-5-13-14(6-9)20-15(19-13)18-8-10-3-4-11(16)12(17)7-10/h2-7H,8H2,1H3,(H2,18,19,20). The maximum atomic E-state index is 13.1. The summed E-state index contributed by atoms with van der Waals surface area (Å²) in [5, 5.41) is 3.06. The molecule has 20 heavy (non-hydrogen) atoms. The van der Waals surface area contributed by atoms with Crippen LogP contribution in [-0.2, 0) is 6.54 Å². The van der Waals surface area contributed by atoms with Gasteiger partial charge in [-0.15, -0.1) is 0 Å². The van der Waals surface area contributed by atoms with Crippen molar-refractivity contribution < 1.29 is 8.78 Å². The minimum atomic E-state index is -0.843. The lowest BCUT2D eigenvalue weighted by molar-refractivity contribution is 0.507. The zero-order chi connectivity index (χ0) is 14.1. The van der Waals surface area contributed by atoms with Crippen molar-refractivity contribution in [3.63, 3.8) is 0 Å². The fraction of sp³-hybridized carbons (Fsp3) is 0.133. The van der Waals surface area contributed by atoms with Crippen LogP contribution in [0.3, 0.4) is 0 Å². The Morgan fingerprint density at radius 1 is 1.10 bits per heavy atom. The molecule has 0 radical (unpaired) electrons. The van der Waals surface area contributed by atoms with E-state index in [1.807, 2.05) is 25.1 Å². The molecule has 1 aromatic heterocycles. The number of hydrogen-bond acceptors (Lipinski definition) is 2. The van der Waals surface area contributed by atoms with E-state index in [2.05, 4.69) is 15.3 Å². The van der Waals surface area contributed by atoms with Gasteiger partial charge in [-0.1, -0.05) is 12.1 Å². The molecule has 0 saturated carbocycles. The monoisotopic (exact) mass is 273 g/mol. The Balaban J connectivity index is 1.77. The van der Waals surface area contributed by atoms with E-state index >= 15 is 0 Å². The molecule has 3 aromatic rings. The van der Waals surface area contributed by atoms with Gasteiger partial charge in [0, 0.05) is 6.54 Å². The SMILES string of the molecule is Cc1ccc2nc(NCc3ccc(F)c(F)c3)[nH]c2c1. The molecule has 0 aliphatic rings. The topological polar surface area (TPSA) is 40.7 Å². The van der Waals surface area contributed by atoms with E-state index in [1.165, 1.54) is 12.1 Å². The van der Waals surface area contributed by atoms with Crippen LogP contribution >= 0.6 is 0 Å². The Bertz CT molecular complexity index is 765. The third-order valence-corrected chi connectivity index (χ3v) is 3.08. The minimum Gasteiger partial charge on any atom is -0.352 e. The van der Waals surface area contributed by atoms with Crippen LogP contribution in [0.2, 0.25) is 0 Å². The molecule has 0 unspecified atom stereocenters. The molecule has 102 valence electrons. The number of nitrogens with one attached hydrogen (secondary N) is 2. The molecule has 0 saturated heterocycles. The summed E-state index contributed by atoms with van der Waals surface area (Å²) in [6.45, 7) is 2.38. The molecule has 0 atom stereocenters. The molecule has 0 amide bonds. The fourth-order valence-electron chi connectivity index (χ4n) is 2.04. The maximum absolute atomic E-state index is 13.1. The number of fused-ring (bicyclic) bond motifs is 1. The number of aromatic amines is 1. The molecule has 0 fully saturated rings. The molecule has 0 bridgehead atoms. The van der Waals surface area contributed by atoms with Crippen molar-refractivity contribution in [2.75, 3.05) is 5.32 Å². The molecule has 0 spiro atoms. The summed E-state index contributed by atoms with van der Waals surface area (Å²) in [6, 6.07) is 9.76. The highest BCUT2D eigenvalue weighted by Gasteiger charge is 2.05. The van der Waals surface area contributed by atoms with E-state index in [1.54, 1.807) is 0 Å². The summed E-state index contributed by atoms with van der Waals surface area (Å²) in [6.07, 6.45) is 0. The van der Waals surface area contributed by atoms with Crippen LogP contribution in [-0.4, -0.2) is 9.97 Å². The van der Waals surface area contributed by atoms with E-state index in [-0.39, 0.29) is 0 Å². The van der Waals surface area contributed by atoms with Gasteiger partial charge in [0.2, 0.25) is 5.95 Å². The van der Waals surface area contributed by atoms with E-state index < -0.39 is 11.6 Å². The highest BCUT2D eigenvalue weighted by atomic mass is 19.2. The molecule has 2 aromatic carbocycles. The minimum absolute atomic E-state index is 0.371. The van der Waals surface area contributed by atoms with Gasteiger partial charge < -0.3 is 10.3 Å². The predicted molar refractivity (Wildman–Crippen MR) is 74.5 cm³/mol. The highest BCUT2D eigenvalue weighted by Crippen LogP contribution is 2.16. The lowest BCUT2D eigenvalue weighted by atomic mass is 10.2. The lowest BCUT2D eigenvalue weighted by Crippen LogP contribution is -2.01. The second-order valence-electron chi connectivity index (χ2n) is 4.71. The van der Waals surface area contributed by atoms with Gasteiger partial charge in [0.15, 0.2) is 11.6 Å². The summed E-state index contributed by atoms with van der Waals surface area (Å²) >= 11 is 0. The van der Waals surface area contributed by atoms with Gasteiger partial charge in [-0.2, -0.15) is 0 Å². The third-order valence-electron chi connectivity index (χ3n) is 3.08. The number of aryl methyl sites for hydroxylation is 1. The summed E-state index contributed by atoms with van der Waals surface area (Å²) in [4.78, 5) is 7.52. The largest absolute Gasteiger partial charge is 0.352 e. The number of nitrogens with zero attached hydrogens (tertiary/aromatic N) is 1. The number of imidazole rings is 1. The van der Waals surface area contributed by atoms with Crippen molar-refractivity contribution >= 4 is 17.0 Å². The van der Waals surface area contributed by atoms with Crippen molar-refractivity contribution in [3.05, 3.63) is 59.2 Å². The number of H-pyrrole nitrogens is 1. The van der Waals surface area contributed by atoms with Crippen LogP contribution < -0.4 is 5.32 Å². The zero-order valence-electron chi connectivity index (χ0n) is 10.9. The maximum Gasteiger partial charge on any atom is 0.201 e.